The summed E-state index contributed by atoms with van der Waals surface area (Å²) in [5, 5.41) is 18.1. The van der Waals surface area contributed by atoms with E-state index < -0.39 is 12.3 Å². The summed E-state index contributed by atoms with van der Waals surface area (Å²) in [6.07, 6.45) is 4.42. The van der Waals surface area contributed by atoms with Gasteiger partial charge in [0, 0.05) is 0 Å². The quantitative estimate of drug-likeness (QED) is 0.359. The van der Waals surface area contributed by atoms with Gasteiger partial charge in [-0.25, -0.2) is 0 Å². The van der Waals surface area contributed by atoms with E-state index in [0.717, 1.165) is 0 Å². The maximum absolute atomic E-state index is 9.06. The molecule has 7 heteroatoms. The summed E-state index contributed by atoms with van der Waals surface area (Å²) in [6.45, 7) is 5.56. The highest BCUT2D eigenvalue weighted by molar-refractivity contribution is 5.71. The Kier molecular flexibility index (Phi) is 9.83. The lowest BCUT2D eigenvalue weighted by atomic mass is 10.1. The normalized spacial score (nSPS) is 21.6. The number of hydrogen-bond acceptors (Lipinski definition) is 5. The number of carbonyl (C=O) groups excluding carboxylic acids is 2. The molecule has 7 nitrogen and oxygen atoms in total. The van der Waals surface area contributed by atoms with Gasteiger partial charge in [0.15, 0.2) is 0 Å². The molecule has 0 radical (unpaired) electrons. The standard InChI is InChI=1S/2C7H16N.C2H2O5/c2*1-8(2)6-4-3-5-7-8;3-1(4)7-2(5)6/h2*3-7H2,1-2H3;(H,3,4)(H,5,6)/q2*+1;/p-2. The third-order valence-electron chi connectivity index (χ3n) is 4.22. The van der Waals surface area contributed by atoms with Crippen LogP contribution in [0, 0.1) is 0 Å². The highest BCUT2D eigenvalue weighted by Gasteiger charge is 2.18. The molecule has 0 unspecified atom stereocenters. The molecule has 2 saturated heterocycles. The number of carboxylic acid groups (broad SMARTS) is 2. The number of rotatable bonds is 0. The van der Waals surface area contributed by atoms with Gasteiger partial charge in [0.2, 0.25) is 0 Å². The minimum Gasteiger partial charge on any atom is -0.483 e. The summed E-state index contributed by atoms with van der Waals surface area (Å²) in [7, 11) is 9.27. The first-order valence-corrected chi connectivity index (χ1v) is 8.28. The molecule has 0 aromatic heterocycles. The highest BCUT2D eigenvalue weighted by Crippen LogP contribution is 2.12. The Morgan fingerprint density at radius 2 is 0.913 bits per heavy atom. The fourth-order valence-corrected chi connectivity index (χ4v) is 2.80. The van der Waals surface area contributed by atoms with Crippen molar-refractivity contribution in [3.63, 3.8) is 0 Å². The van der Waals surface area contributed by atoms with Gasteiger partial charge in [-0.2, -0.15) is 0 Å². The minimum absolute atomic E-state index is 1.25. The third kappa shape index (κ3) is 14.0. The number of ether oxygens (including phenoxy) is 1. The first kappa shape index (κ1) is 21.7. The Balaban J connectivity index is 0.000000317. The van der Waals surface area contributed by atoms with Crippen molar-refractivity contribution in [3.05, 3.63) is 0 Å². The second kappa shape index (κ2) is 10.4. The van der Waals surface area contributed by atoms with Crippen molar-refractivity contribution in [1.82, 2.24) is 0 Å². The molecule has 2 aliphatic rings. The van der Waals surface area contributed by atoms with Gasteiger partial charge in [-0.3, -0.25) is 0 Å². The Bertz CT molecular complexity index is 319. The molecule has 23 heavy (non-hydrogen) atoms. The summed E-state index contributed by atoms with van der Waals surface area (Å²) < 4.78 is 5.36. The molecule has 0 aromatic carbocycles. The molecule has 136 valence electrons. The van der Waals surface area contributed by atoms with Crippen LogP contribution >= 0.6 is 0 Å². The Morgan fingerprint density at radius 1 is 0.652 bits per heavy atom. The Morgan fingerprint density at radius 3 is 1.00 bits per heavy atom. The zero-order valence-electron chi connectivity index (χ0n) is 15.0. The number of carbonyl (C=O) groups is 2. The molecule has 0 spiro atoms. The fraction of sp³-hybridized carbons (Fsp3) is 0.875. The number of quaternary nitrogens is 2. The monoisotopic (exact) mass is 332 g/mol. The number of piperidine rings is 2. The summed E-state index contributed by atoms with van der Waals surface area (Å²) >= 11 is 0. The third-order valence-corrected chi connectivity index (χ3v) is 4.22. The van der Waals surface area contributed by atoms with E-state index in [1.807, 2.05) is 0 Å². The van der Waals surface area contributed by atoms with Gasteiger partial charge in [0.25, 0.3) is 12.3 Å². The van der Waals surface area contributed by atoms with Crippen LogP contribution in [-0.4, -0.2) is 75.6 Å². The number of hydrogen-bond donors (Lipinski definition) is 0. The van der Waals surface area contributed by atoms with Crippen LogP contribution in [0.25, 0.3) is 0 Å². The van der Waals surface area contributed by atoms with Crippen LogP contribution in [0.1, 0.15) is 38.5 Å². The topological polar surface area (TPSA) is 89.5 Å². The maximum atomic E-state index is 9.06. The van der Waals surface area contributed by atoms with Gasteiger partial charge >= 0.3 is 0 Å². The van der Waals surface area contributed by atoms with Crippen LogP contribution < -0.4 is 10.2 Å². The molecule has 2 fully saturated rings. The Hall–Kier alpha value is -1.34. The predicted octanol–water partition coefficient (Wildman–Crippen LogP) is 0.183. The fourth-order valence-electron chi connectivity index (χ4n) is 2.80. The first-order chi connectivity index (χ1) is 10.5. The molecule has 0 N–H and O–H groups in total. The van der Waals surface area contributed by atoms with Crippen molar-refractivity contribution >= 4 is 12.3 Å². The van der Waals surface area contributed by atoms with Crippen LogP contribution in [0.15, 0.2) is 0 Å². The summed E-state index contributed by atoms with van der Waals surface area (Å²) in [5.41, 5.74) is 0. The van der Waals surface area contributed by atoms with Gasteiger partial charge in [-0.1, -0.05) is 0 Å². The van der Waals surface area contributed by atoms with E-state index in [1.165, 1.54) is 73.7 Å². The molecular formula is C16H32N2O5. The van der Waals surface area contributed by atoms with E-state index >= 15 is 0 Å². The van der Waals surface area contributed by atoms with E-state index in [4.69, 9.17) is 19.8 Å². The second-order valence-electron chi connectivity index (χ2n) is 7.49. The van der Waals surface area contributed by atoms with E-state index in [0.29, 0.717) is 0 Å². The molecule has 0 saturated carbocycles. The zero-order chi connectivity index (χ0) is 17.9. The Labute approximate surface area is 139 Å². The molecule has 2 heterocycles. The average Bonchev–Trinajstić information content (AvgIpc) is 2.37. The molecule has 0 bridgehead atoms. The molecule has 2 aliphatic heterocycles. The van der Waals surface area contributed by atoms with E-state index in [-0.39, 0.29) is 0 Å². The molecule has 0 atom stereocenters. The number of likely N-dealkylation sites (tertiary alicyclic amines) is 2. The smallest absolute Gasteiger partial charge is 0.259 e. The highest BCUT2D eigenvalue weighted by atomic mass is 16.7. The maximum Gasteiger partial charge on any atom is 0.259 e. The van der Waals surface area contributed by atoms with Crippen LogP contribution in [-0.2, 0) is 4.74 Å². The summed E-state index contributed by atoms with van der Waals surface area (Å²) in [5.74, 6) is 0. The van der Waals surface area contributed by atoms with Crippen LogP contribution in [0.2, 0.25) is 0 Å². The van der Waals surface area contributed by atoms with E-state index in [1.54, 1.807) is 0 Å². The van der Waals surface area contributed by atoms with Crippen LogP contribution in [0.4, 0.5) is 9.59 Å². The van der Waals surface area contributed by atoms with Gasteiger partial charge in [-0.05, 0) is 38.5 Å². The lowest BCUT2D eigenvalue weighted by molar-refractivity contribution is -0.894. The molecule has 2 rings (SSSR count). The first-order valence-electron chi connectivity index (χ1n) is 8.28. The number of nitrogens with zero attached hydrogens (tertiary/aromatic N) is 2. The second-order valence-corrected chi connectivity index (χ2v) is 7.49. The van der Waals surface area contributed by atoms with Gasteiger partial charge in [0.05, 0.1) is 54.4 Å². The van der Waals surface area contributed by atoms with Crippen molar-refractivity contribution in [2.75, 3.05) is 54.4 Å². The van der Waals surface area contributed by atoms with Gasteiger partial charge < -0.3 is 33.5 Å². The van der Waals surface area contributed by atoms with E-state index in [9.17, 15) is 0 Å². The lowest BCUT2D eigenvalue weighted by Gasteiger charge is -2.33. The van der Waals surface area contributed by atoms with E-state index in [2.05, 4.69) is 32.9 Å². The predicted molar refractivity (Wildman–Crippen MR) is 83.3 cm³/mol. The van der Waals surface area contributed by atoms with Crippen molar-refractivity contribution in [2.24, 2.45) is 0 Å². The molecule has 0 aromatic rings. The summed E-state index contributed by atoms with van der Waals surface area (Å²) in [6, 6.07) is 0. The van der Waals surface area contributed by atoms with Crippen molar-refractivity contribution in [3.8, 4) is 0 Å². The van der Waals surface area contributed by atoms with Crippen molar-refractivity contribution in [2.45, 2.75) is 38.5 Å². The lowest BCUT2D eigenvalue weighted by Crippen LogP contribution is -2.43. The van der Waals surface area contributed by atoms with Crippen LogP contribution in [0.5, 0.6) is 0 Å². The zero-order valence-corrected chi connectivity index (χ0v) is 15.0. The van der Waals surface area contributed by atoms with Crippen molar-refractivity contribution < 1.29 is 33.5 Å². The average molecular weight is 332 g/mol. The SMILES string of the molecule is C[N+]1(C)CCCCC1.C[N+]1(C)CCCCC1.O=C([O-])OC(=O)[O-]. The van der Waals surface area contributed by atoms with Crippen molar-refractivity contribution in [1.29, 1.82) is 0 Å². The molecular weight excluding hydrogens is 300 g/mol. The van der Waals surface area contributed by atoms with Crippen LogP contribution in [0.3, 0.4) is 0 Å². The molecule has 0 aliphatic carbocycles. The minimum atomic E-state index is -2.12. The summed E-state index contributed by atoms with van der Waals surface area (Å²) in [4.78, 5) is 18.1. The largest absolute Gasteiger partial charge is 0.483 e. The van der Waals surface area contributed by atoms with Gasteiger partial charge in [-0.15, -0.1) is 0 Å². The van der Waals surface area contributed by atoms with Gasteiger partial charge in [0.1, 0.15) is 0 Å². The molecule has 0 amide bonds.